The molecule has 1 aromatic rings. The Morgan fingerprint density at radius 2 is 1.64 bits per heavy atom. The van der Waals surface area contributed by atoms with Crippen molar-refractivity contribution in [2.45, 2.75) is 0 Å². The molecule has 0 amide bonds. The van der Waals surface area contributed by atoms with Crippen molar-refractivity contribution >= 4 is 12.4 Å². The minimum Gasteiger partial charge on any atom is -0.319 e. The van der Waals surface area contributed by atoms with E-state index in [1.54, 1.807) is 13.3 Å². The second-order valence-corrected chi connectivity index (χ2v) is 6.24. The molecule has 0 fully saturated rings. The fourth-order valence-corrected chi connectivity index (χ4v) is 1.72. The lowest BCUT2D eigenvalue weighted by molar-refractivity contribution is 0.588. The van der Waals surface area contributed by atoms with Crippen LogP contribution in [0.2, 0.25) is 0 Å². The smallest absolute Gasteiger partial charge is 0.109 e. The molecule has 1 nitrogen and oxygen atoms in total. The molecule has 0 atom stereocenters. The second-order valence-electron chi connectivity index (χ2n) is 3.02. The number of hydrogen-bond donors (Lipinski definition) is 0. The minimum atomic E-state index is -2.07. The Bertz CT molecular complexity index is 281. The molecular weight excluding hydrogens is 155 g/mol. The average molecular weight is 167 g/mol. The highest BCUT2D eigenvalue weighted by Gasteiger charge is 2.08. The van der Waals surface area contributed by atoms with E-state index in [0.717, 1.165) is 10.9 Å². The van der Waals surface area contributed by atoms with Crippen LogP contribution in [0.15, 0.2) is 24.3 Å². The highest BCUT2D eigenvalue weighted by Crippen LogP contribution is 2.34. The SMILES string of the molecule is [CH2]c1ccc(P(C)(C)=O)cc1. The fourth-order valence-electron chi connectivity index (χ4n) is 0.855. The van der Waals surface area contributed by atoms with E-state index in [2.05, 4.69) is 6.92 Å². The molecule has 0 heterocycles. The summed E-state index contributed by atoms with van der Waals surface area (Å²) in [5.41, 5.74) is 0.960. The molecule has 0 aromatic heterocycles. The van der Waals surface area contributed by atoms with Crippen LogP contribution in [-0.4, -0.2) is 13.3 Å². The van der Waals surface area contributed by atoms with Gasteiger partial charge in [-0.25, -0.2) is 0 Å². The van der Waals surface area contributed by atoms with E-state index in [1.807, 2.05) is 24.3 Å². The molecule has 2 heteroatoms. The van der Waals surface area contributed by atoms with Crippen molar-refractivity contribution in [3.05, 3.63) is 36.8 Å². The summed E-state index contributed by atoms with van der Waals surface area (Å²) < 4.78 is 11.5. The molecule has 0 saturated heterocycles. The molecule has 1 rings (SSSR count). The molecule has 11 heavy (non-hydrogen) atoms. The highest BCUT2D eigenvalue weighted by molar-refractivity contribution is 7.70. The van der Waals surface area contributed by atoms with Crippen LogP contribution >= 0.6 is 7.14 Å². The average Bonchev–Trinajstić information content (AvgIpc) is 1.86. The standard InChI is InChI=1S/C9H12OP/c1-8-4-6-9(7-5-8)11(2,3)10/h4-7H,1H2,2-3H3. The summed E-state index contributed by atoms with van der Waals surface area (Å²) in [6.45, 7) is 7.29. The Labute approximate surface area is 67.8 Å². The normalized spacial score (nSPS) is 11.5. The Balaban J connectivity index is 3.09. The van der Waals surface area contributed by atoms with Crippen molar-refractivity contribution < 1.29 is 4.57 Å². The summed E-state index contributed by atoms with van der Waals surface area (Å²) in [6.07, 6.45) is 0. The monoisotopic (exact) mass is 167 g/mol. The first-order chi connectivity index (χ1) is 5.00. The number of rotatable bonds is 1. The minimum absolute atomic E-state index is 0.921. The van der Waals surface area contributed by atoms with Gasteiger partial charge in [0.1, 0.15) is 7.14 Å². The third-order valence-corrected chi connectivity index (χ3v) is 3.10. The topological polar surface area (TPSA) is 17.1 Å². The first-order valence-electron chi connectivity index (χ1n) is 3.48. The molecule has 59 valence electrons. The van der Waals surface area contributed by atoms with E-state index in [4.69, 9.17) is 0 Å². The van der Waals surface area contributed by atoms with Gasteiger partial charge in [-0.1, -0.05) is 24.3 Å². The largest absolute Gasteiger partial charge is 0.319 e. The van der Waals surface area contributed by atoms with Gasteiger partial charge >= 0.3 is 0 Å². The molecular formula is C9H12OP. The van der Waals surface area contributed by atoms with Crippen molar-refractivity contribution in [1.29, 1.82) is 0 Å². The van der Waals surface area contributed by atoms with Gasteiger partial charge in [-0.2, -0.15) is 0 Å². The molecule has 1 radical (unpaired) electrons. The quantitative estimate of drug-likeness (QED) is 0.585. The Hall–Kier alpha value is -0.550. The summed E-state index contributed by atoms with van der Waals surface area (Å²) in [4.78, 5) is 0. The van der Waals surface area contributed by atoms with Gasteiger partial charge in [0.15, 0.2) is 0 Å². The molecule has 0 aliphatic heterocycles. The molecule has 0 spiro atoms. The van der Waals surface area contributed by atoms with Crippen molar-refractivity contribution in [3.8, 4) is 0 Å². The molecule has 0 aliphatic rings. The van der Waals surface area contributed by atoms with Crippen LogP contribution in [0.5, 0.6) is 0 Å². The van der Waals surface area contributed by atoms with Crippen LogP contribution in [-0.2, 0) is 4.57 Å². The van der Waals surface area contributed by atoms with Gasteiger partial charge in [-0.05, 0) is 25.8 Å². The van der Waals surface area contributed by atoms with Crippen molar-refractivity contribution in [1.82, 2.24) is 0 Å². The number of hydrogen-bond acceptors (Lipinski definition) is 1. The zero-order valence-electron chi connectivity index (χ0n) is 6.87. The van der Waals surface area contributed by atoms with Crippen LogP contribution in [0.1, 0.15) is 5.56 Å². The van der Waals surface area contributed by atoms with Crippen LogP contribution in [0.4, 0.5) is 0 Å². The van der Waals surface area contributed by atoms with Crippen LogP contribution in [0.3, 0.4) is 0 Å². The van der Waals surface area contributed by atoms with E-state index >= 15 is 0 Å². The summed E-state index contributed by atoms with van der Waals surface area (Å²) in [6, 6.07) is 7.52. The number of benzene rings is 1. The van der Waals surface area contributed by atoms with Crippen molar-refractivity contribution in [2.75, 3.05) is 13.3 Å². The maximum Gasteiger partial charge on any atom is 0.109 e. The molecule has 0 unspecified atom stereocenters. The van der Waals surface area contributed by atoms with Gasteiger partial charge in [-0.3, -0.25) is 0 Å². The van der Waals surface area contributed by atoms with E-state index in [9.17, 15) is 4.57 Å². The zero-order chi connectivity index (χ0) is 8.48. The Morgan fingerprint density at radius 3 is 2.00 bits per heavy atom. The summed E-state index contributed by atoms with van der Waals surface area (Å²) in [5.74, 6) is 0. The highest BCUT2D eigenvalue weighted by atomic mass is 31.2. The van der Waals surface area contributed by atoms with E-state index < -0.39 is 7.14 Å². The summed E-state index contributed by atoms with van der Waals surface area (Å²) >= 11 is 0. The van der Waals surface area contributed by atoms with E-state index in [0.29, 0.717) is 0 Å². The van der Waals surface area contributed by atoms with E-state index in [-0.39, 0.29) is 0 Å². The first-order valence-corrected chi connectivity index (χ1v) is 6.08. The van der Waals surface area contributed by atoms with Gasteiger partial charge < -0.3 is 4.57 Å². The predicted molar refractivity (Wildman–Crippen MR) is 50.0 cm³/mol. The lowest BCUT2D eigenvalue weighted by Gasteiger charge is -2.05. The van der Waals surface area contributed by atoms with Gasteiger partial charge in [-0.15, -0.1) is 0 Å². The molecule has 0 saturated carbocycles. The fraction of sp³-hybridized carbons (Fsp3) is 0.222. The maximum absolute atomic E-state index is 11.5. The van der Waals surface area contributed by atoms with Gasteiger partial charge in [0.25, 0.3) is 0 Å². The molecule has 0 bridgehead atoms. The predicted octanol–water partition coefficient (Wildman–Crippen LogP) is 2.12. The summed E-state index contributed by atoms with van der Waals surface area (Å²) in [7, 11) is -2.07. The lowest BCUT2D eigenvalue weighted by Crippen LogP contribution is -2.01. The second kappa shape index (κ2) is 2.83. The van der Waals surface area contributed by atoms with Crippen LogP contribution < -0.4 is 5.30 Å². The Morgan fingerprint density at radius 1 is 1.18 bits per heavy atom. The lowest BCUT2D eigenvalue weighted by atomic mass is 10.2. The molecule has 0 N–H and O–H groups in total. The van der Waals surface area contributed by atoms with Gasteiger partial charge in [0.05, 0.1) is 0 Å². The van der Waals surface area contributed by atoms with E-state index in [1.165, 1.54) is 0 Å². The first kappa shape index (κ1) is 8.55. The zero-order valence-corrected chi connectivity index (χ0v) is 7.77. The molecule has 0 aliphatic carbocycles. The van der Waals surface area contributed by atoms with Crippen LogP contribution in [0.25, 0.3) is 0 Å². The van der Waals surface area contributed by atoms with Gasteiger partial charge in [0, 0.05) is 5.30 Å². The van der Waals surface area contributed by atoms with Crippen molar-refractivity contribution in [2.24, 2.45) is 0 Å². The Kier molecular flexibility index (Phi) is 2.20. The summed E-state index contributed by atoms with van der Waals surface area (Å²) in [5, 5.41) is 0.921. The third kappa shape index (κ3) is 2.20. The maximum atomic E-state index is 11.5. The van der Waals surface area contributed by atoms with Crippen LogP contribution in [0, 0.1) is 6.92 Å². The third-order valence-electron chi connectivity index (χ3n) is 1.56. The van der Waals surface area contributed by atoms with Crippen molar-refractivity contribution in [3.63, 3.8) is 0 Å². The van der Waals surface area contributed by atoms with Gasteiger partial charge in [0.2, 0.25) is 0 Å². The molecule has 1 aromatic carbocycles.